The minimum Gasteiger partial charge on any atom is -0.300 e. The molecule has 3 heteroatoms. The van der Waals surface area contributed by atoms with Gasteiger partial charge in [-0.3, -0.25) is 4.79 Å². The second-order valence-corrected chi connectivity index (χ2v) is 4.86. The Hall–Kier alpha value is -0.310. The maximum absolute atomic E-state index is 11.2. The van der Waals surface area contributed by atoms with E-state index in [9.17, 15) is 9.59 Å². The largest absolute Gasteiger partial charge is 0.300 e. The zero-order valence-electron chi connectivity index (χ0n) is 7.50. The summed E-state index contributed by atoms with van der Waals surface area (Å²) < 4.78 is 0. The van der Waals surface area contributed by atoms with Gasteiger partial charge >= 0.3 is 0 Å². The monoisotopic (exact) mass is 186 g/mol. The first-order valence-corrected chi connectivity index (χ1v) is 5.17. The Balaban J connectivity index is 2.33. The van der Waals surface area contributed by atoms with Crippen molar-refractivity contribution >= 4 is 22.7 Å². The Bertz CT molecular complexity index is 201. The molecular weight excluding hydrogens is 172 g/mol. The molecule has 1 rings (SSSR count). The molecule has 0 N–H and O–H groups in total. The Labute approximate surface area is 77.1 Å². The molecule has 68 valence electrons. The number of carbonyl (C=O) groups excluding carboxylic acids is 2. The fourth-order valence-corrected chi connectivity index (χ4v) is 2.58. The van der Waals surface area contributed by atoms with E-state index >= 15 is 0 Å². The number of ketones is 1. The van der Waals surface area contributed by atoms with Gasteiger partial charge in [0, 0.05) is 17.6 Å². The molecule has 0 amide bonds. The summed E-state index contributed by atoms with van der Waals surface area (Å²) in [6, 6.07) is 0. The van der Waals surface area contributed by atoms with E-state index in [4.69, 9.17) is 0 Å². The molecule has 0 bridgehead atoms. The molecule has 0 aliphatic carbocycles. The third-order valence-corrected chi connectivity index (χ3v) is 3.27. The molecule has 1 aliphatic rings. The number of carbonyl (C=O) groups is 2. The van der Waals surface area contributed by atoms with Gasteiger partial charge in [0.2, 0.25) is 0 Å². The van der Waals surface area contributed by atoms with Crippen molar-refractivity contribution in [1.82, 2.24) is 0 Å². The Kier molecular flexibility index (Phi) is 3.32. The van der Waals surface area contributed by atoms with Gasteiger partial charge in [-0.1, -0.05) is 18.7 Å². The third-order valence-electron chi connectivity index (χ3n) is 2.11. The molecule has 0 spiro atoms. The lowest BCUT2D eigenvalue weighted by Crippen LogP contribution is -2.06. The highest BCUT2D eigenvalue weighted by Gasteiger charge is 2.30. The summed E-state index contributed by atoms with van der Waals surface area (Å²) in [6.45, 7) is 3.65. The van der Waals surface area contributed by atoms with Gasteiger partial charge in [-0.25, -0.2) is 0 Å². The number of hydrogen-bond acceptors (Lipinski definition) is 3. The average Bonchev–Trinajstić information content (AvgIpc) is 2.26. The van der Waals surface area contributed by atoms with Crippen LogP contribution in [0.2, 0.25) is 0 Å². The molecular formula is C9H14O2S. The van der Waals surface area contributed by atoms with E-state index in [0.29, 0.717) is 11.7 Å². The molecule has 1 heterocycles. The van der Waals surface area contributed by atoms with Crippen LogP contribution in [0.15, 0.2) is 0 Å². The number of Topliss-reactive ketones (excluding diaryl/α,β-unsaturated/α-hetero) is 1. The lowest BCUT2D eigenvalue weighted by Gasteiger charge is -2.03. The van der Waals surface area contributed by atoms with Crippen LogP contribution in [-0.4, -0.2) is 16.1 Å². The number of thioether (sulfide) groups is 1. The predicted octanol–water partition coefficient (Wildman–Crippen LogP) is 2.02. The molecule has 0 aromatic heterocycles. The highest BCUT2D eigenvalue weighted by Crippen LogP contribution is 2.35. The van der Waals surface area contributed by atoms with Crippen LogP contribution in [0.5, 0.6) is 0 Å². The van der Waals surface area contributed by atoms with Crippen LogP contribution < -0.4 is 0 Å². The zero-order chi connectivity index (χ0) is 9.14. The first kappa shape index (κ1) is 9.78. The van der Waals surface area contributed by atoms with E-state index in [0.717, 1.165) is 12.8 Å². The topological polar surface area (TPSA) is 34.1 Å². The molecule has 1 saturated heterocycles. The fourth-order valence-electron chi connectivity index (χ4n) is 1.45. The molecule has 12 heavy (non-hydrogen) atoms. The Morgan fingerprint density at radius 2 is 2.33 bits per heavy atom. The van der Waals surface area contributed by atoms with Crippen molar-refractivity contribution in [1.29, 1.82) is 0 Å². The van der Waals surface area contributed by atoms with Crippen LogP contribution in [0.4, 0.5) is 0 Å². The van der Waals surface area contributed by atoms with Crippen LogP contribution >= 0.6 is 11.8 Å². The maximum Gasteiger partial charge on any atom is 0.192 e. The van der Waals surface area contributed by atoms with E-state index < -0.39 is 0 Å². The van der Waals surface area contributed by atoms with Crippen LogP contribution in [-0.2, 0) is 9.59 Å². The Morgan fingerprint density at radius 3 is 2.75 bits per heavy atom. The van der Waals surface area contributed by atoms with Crippen LogP contribution in [0.1, 0.15) is 33.1 Å². The molecule has 2 unspecified atom stereocenters. The minimum absolute atomic E-state index is 0.147. The van der Waals surface area contributed by atoms with Crippen molar-refractivity contribution in [3.8, 4) is 0 Å². The summed E-state index contributed by atoms with van der Waals surface area (Å²) in [6.07, 6.45) is 2.27. The van der Waals surface area contributed by atoms with E-state index in [1.54, 1.807) is 6.92 Å². The molecule has 0 aromatic rings. The zero-order valence-corrected chi connectivity index (χ0v) is 8.32. The van der Waals surface area contributed by atoms with E-state index in [2.05, 4.69) is 6.92 Å². The first-order valence-electron chi connectivity index (χ1n) is 4.29. The van der Waals surface area contributed by atoms with Gasteiger partial charge in [-0.2, -0.15) is 0 Å². The van der Waals surface area contributed by atoms with Crippen molar-refractivity contribution in [3.63, 3.8) is 0 Å². The molecule has 2 nitrogen and oxygen atoms in total. The normalized spacial score (nSPS) is 29.3. The Morgan fingerprint density at radius 1 is 1.67 bits per heavy atom. The van der Waals surface area contributed by atoms with Gasteiger partial charge in [0.1, 0.15) is 5.78 Å². The van der Waals surface area contributed by atoms with E-state index in [1.807, 2.05) is 0 Å². The first-order chi connectivity index (χ1) is 5.59. The second-order valence-electron chi connectivity index (χ2n) is 3.42. The number of hydrogen-bond donors (Lipinski definition) is 0. The van der Waals surface area contributed by atoms with Gasteiger partial charge < -0.3 is 4.79 Å². The van der Waals surface area contributed by atoms with Crippen molar-refractivity contribution in [2.24, 2.45) is 5.92 Å². The fraction of sp³-hybridized carbons (Fsp3) is 0.778. The van der Waals surface area contributed by atoms with Gasteiger partial charge in [0.05, 0.1) is 0 Å². The summed E-state index contributed by atoms with van der Waals surface area (Å²) in [5, 5.41) is 0.734. The summed E-state index contributed by atoms with van der Waals surface area (Å²) >= 11 is 1.43. The molecule has 1 aliphatic heterocycles. The molecule has 0 radical (unpaired) electrons. The van der Waals surface area contributed by atoms with Crippen LogP contribution in [0.25, 0.3) is 0 Å². The van der Waals surface area contributed by atoms with Gasteiger partial charge in [-0.15, -0.1) is 0 Å². The highest BCUT2D eigenvalue weighted by molar-refractivity contribution is 8.14. The second kappa shape index (κ2) is 4.08. The lowest BCUT2D eigenvalue weighted by atomic mass is 9.99. The van der Waals surface area contributed by atoms with Crippen molar-refractivity contribution < 1.29 is 9.59 Å². The average molecular weight is 186 g/mol. The number of rotatable bonds is 3. The standard InChI is InChI=1S/C9H14O2S/c1-6(10)3-4-8-5-7(2)12-9(8)11/h7-8H,3-5H2,1-2H3. The predicted molar refractivity (Wildman–Crippen MR) is 50.1 cm³/mol. The summed E-state index contributed by atoms with van der Waals surface area (Å²) in [5.74, 6) is 0.334. The highest BCUT2D eigenvalue weighted by atomic mass is 32.2. The van der Waals surface area contributed by atoms with E-state index in [-0.39, 0.29) is 16.8 Å². The van der Waals surface area contributed by atoms with Crippen LogP contribution in [0, 0.1) is 5.92 Å². The summed E-state index contributed by atoms with van der Waals surface area (Å²) in [7, 11) is 0. The molecule has 0 saturated carbocycles. The van der Waals surface area contributed by atoms with Gasteiger partial charge in [-0.05, 0) is 19.8 Å². The van der Waals surface area contributed by atoms with E-state index in [1.165, 1.54) is 11.8 Å². The van der Waals surface area contributed by atoms with Crippen molar-refractivity contribution in [2.45, 2.75) is 38.4 Å². The van der Waals surface area contributed by atoms with Crippen LogP contribution in [0.3, 0.4) is 0 Å². The molecule has 1 fully saturated rings. The smallest absolute Gasteiger partial charge is 0.192 e. The molecule has 2 atom stereocenters. The quantitative estimate of drug-likeness (QED) is 0.676. The minimum atomic E-state index is 0.147. The van der Waals surface area contributed by atoms with Crippen molar-refractivity contribution in [2.75, 3.05) is 0 Å². The van der Waals surface area contributed by atoms with Gasteiger partial charge in [0.25, 0.3) is 0 Å². The summed E-state index contributed by atoms with van der Waals surface area (Å²) in [4.78, 5) is 21.9. The van der Waals surface area contributed by atoms with Gasteiger partial charge in [0.15, 0.2) is 5.12 Å². The van der Waals surface area contributed by atoms with Crippen molar-refractivity contribution in [3.05, 3.63) is 0 Å². The summed E-state index contributed by atoms with van der Waals surface area (Å²) in [5.41, 5.74) is 0. The lowest BCUT2D eigenvalue weighted by molar-refractivity contribution is -0.117. The maximum atomic E-state index is 11.2. The SMILES string of the molecule is CC(=O)CCC1CC(C)SC1=O. The third kappa shape index (κ3) is 2.63. The molecule has 0 aromatic carbocycles.